The molecule has 2 aliphatic heterocycles. The third-order valence-corrected chi connectivity index (χ3v) is 25.9. The molecule has 44 heteroatoms. The van der Waals surface area contributed by atoms with Gasteiger partial charge in [-0.3, -0.25) is 96.1 Å². The molecule has 0 spiro atoms. The van der Waals surface area contributed by atoms with Crippen LogP contribution in [-0.2, 0) is 86.3 Å². The van der Waals surface area contributed by atoms with Crippen molar-refractivity contribution < 1.29 is 86.3 Å². The van der Waals surface area contributed by atoms with Crippen LogP contribution in [0.5, 0.6) is 0 Å². The first kappa shape index (κ1) is 134. The number of nitrogens with one attached hydrogen (secondary N) is 24. The van der Waals surface area contributed by atoms with Gasteiger partial charge in [-0.1, -0.05) is 38.5 Å². The zero-order valence-electron chi connectivity index (χ0n) is 90.7. The summed E-state index contributed by atoms with van der Waals surface area (Å²) in [6, 6.07) is -8.32. The summed E-state index contributed by atoms with van der Waals surface area (Å²) in [5.74, 6) is -5.92. The lowest BCUT2D eigenvalue weighted by molar-refractivity contribution is -0.138. The van der Waals surface area contributed by atoms with Crippen molar-refractivity contribution in [1.82, 2.24) is 137 Å². The molecule has 2 heterocycles. The molecule has 0 bridgehead atoms. The first-order chi connectivity index (χ1) is 70.3. The Balaban J connectivity index is 0.00000170. The van der Waals surface area contributed by atoms with Crippen LogP contribution >= 0.6 is 0 Å². The van der Waals surface area contributed by atoms with Crippen LogP contribution in [0.3, 0.4) is 0 Å². The lowest BCUT2D eigenvalue weighted by Gasteiger charge is -2.26. The second kappa shape index (κ2) is 86.1. The highest BCUT2D eigenvalue weighted by Gasteiger charge is 2.34. The van der Waals surface area contributed by atoms with Gasteiger partial charge in [-0.05, 0) is 343 Å². The van der Waals surface area contributed by atoms with E-state index in [2.05, 4.69) is 128 Å². The van der Waals surface area contributed by atoms with Crippen molar-refractivity contribution in [2.45, 2.75) is 343 Å². The summed E-state index contributed by atoms with van der Waals surface area (Å²) in [5.41, 5.74) is 0. The highest BCUT2D eigenvalue weighted by Crippen LogP contribution is 2.17. The fourth-order valence-corrected chi connectivity index (χ4v) is 16.7. The number of hydrogen-bond donors (Lipinski definition) is 24. The first-order valence-electron chi connectivity index (χ1n) is 53.8. The van der Waals surface area contributed by atoms with E-state index < -0.39 is 89.8 Å². The fourth-order valence-electron chi connectivity index (χ4n) is 16.7. The standard InChI is InChI=1S/C65H123N17O11.C37H67N9O7/c1-47(83)48(27-14-22-42-74-56(84)35-26-46-82-57(85)36-37-58(82)86)78-64(92)54(81-65(93)55(80-63(91)52(73-9)31-13-21-41-69-5)34-16-24-44-76-60(88)50(71-7)29-11-19-39-67-3)33-17-25-45-77-61(89)53(79-62(90)51(72-8)30-12-20-40-68-4)32-15-23-43-75-59(87)49(70-6)28-10-18-38-66-2;1-27(47)28(15-8-12-24-42-32(48)19-14-26-46-33(49)20-21-34(46)50)44-37(53)31(45-36(52)30(41-5)17-7-11-23-39-3)18-9-13-25-43-35(51)29(40-4)16-6-10-22-38-2/h36-37,48-55,66-73H,10-35,38-46H2,1-9H3,(H,74,84)(H,75,87)(H,76,88)(H,77,89)(H,78,92)(H,79,90)(H,80,91)(H,81,93);20-21,28-31,38-41H,6-19,22-26H2,1-5H3,(H,42,48)(H,43,51)(H,44,53)(H,45,52). The van der Waals surface area contributed by atoms with E-state index in [1.165, 1.54) is 38.2 Å². The Bertz CT molecular complexity index is 3810. The van der Waals surface area contributed by atoms with Gasteiger partial charge in [0.2, 0.25) is 70.9 Å². The number of rotatable bonds is 92. The fraction of sp³-hybridized carbons (Fsp3) is 0.784. The minimum atomic E-state index is -1.19. The van der Waals surface area contributed by atoms with Crippen molar-refractivity contribution in [3.05, 3.63) is 24.3 Å². The topological polar surface area (TPSA) is 602 Å². The molecule has 0 saturated heterocycles. The Morgan fingerprint density at radius 1 is 0.199 bits per heavy atom. The smallest absolute Gasteiger partial charge is 0.253 e. The third kappa shape index (κ3) is 61.9. The van der Waals surface area contributed by atoms with Crippen LogP contribution in [0.2, 0.25) is 0 Å². The van der Waals surface area contributed by atoms with Crippen LogP contribution in [0.15, 0.2) is 24.3 Å². The van der Waals surface area contributed by atoms with Crippen molar-refractivity contribution in [1.29, 1.82) is 0 Å². The lowest BCUT2D eigenvalue weighted by atomic mass is 10.0. The number of likely N-dealkylation sites (N-methyl/N-ethyl adjacent to an activating group) is 6. The van der Waals surface area contributed by atoms with Gasteiger partial charge in [0.25, 0.3) is 23.6 Å². The molecule has 16 amide bonds. The second-order valence-electron chi connectivity index (χ2n) is 37.6. The molecule has 0 aromatic heterocycles. The summed E-state index contributed by atoms with van der Waals surface area (Å²) in [4.78, 5) is 236. The number of Topliss-reactive ketones (excluding diaryl/α,β-unsaturated/α-hetero) is 2. The summed E-state index contributed by atoms with van der Waals surface area (Å²) in [6.45, 7) is 10.1. The van der Waals surface area contributed by atoms with Crippen LogP contribution in [-0.4, -0.2) is 365 Å². The van der Waals surface area contributed by atoms with Crippen molar-refractivity contribution in [3.63, 3.8) is 0 Å². The molecule has 0 aromatic rings. The highest BCUT2D eigenvalue weighted by atomic mass is 16.2. The van der Waals surface area contributed by atoms with Crippen molar-refractivity contribution in [3.8, 4) is 0 Å². The Morgan fingerprint density at radius 2 is 0.356 bits per heavy atom. The summed E-state index contributed by atoms with van der Waals surface area (Å²) < 4.78 is 0. The van der Waals surface area contributed by atoms with Gasteiger partial charge < -0.3 is 128 Å². The molecule has 12 atom stereocenters. The molecule has 0 fully saturated rings. The molecule has 0 saturated carbocycles. The minimum absolute atomic E-state index is 0.0655. The van der Waals surface area contributed by atoms with Gasteiger partial charge in [-0.2, -0.15) is 0 Å². The van der Waals surface area contributed by atoms with Gasteiger partial charge in [-0.15, -0.1) is 0 Å². The van der Waals surface area contributed by atoms with E-state index >= 15 is 0 Å². The maximum atomic E-state index is 14.6. The second-order valence-corrected chi connectivity index (χ2v) is 37.6. The van der Waals surface area contributed by atoms with E-state index in [-0.39, 0.29) is 147 Å². The van der Waals surface area contributed by atoms with Crippen molar-refractivity contribution >= 4 is 106 Å². The number of amides is 16. The monoisotopic (exact) mass is 2070 g/mol. The zero-order chi connectivity index (χ0) is 108. The molecule has 146 heavy (non-hydrogen) atoms. The molecule has 24 N–H and O–H groups in total. The molecule has 2 rings (SSSR count). The third-order valence-electron chi connectivity index (χ3n) is 25.9. The predicted molar refractivity (Wildman–Crippen MR) is 568 cm³/mol. The molecule has 0 aliphatic carbocycles. The minimum Gasteiger partial charge on any atom is -0.356 e. The van der Waals surface area contributed by atoms with Gasteiger partial charge >= 0.3 is 0 Å². The molecule has 12 unspecified atom stereocenters. The van der Waals surface area contributed by atoms with E-state index in [1.807, 2.05) is 42.3 Å². The Hall–Kier alpha value is -9.74. The molecule has 836 valence electrons. The van der Waals surface area contributed by atoms with E-state index in [0.717, 1.165) is 133 Å². The average Bonchev–Trinajstić information content (AvgIpc) is 1.71. The molecular formula is C102H190N26O18. The first-order valence-corrected chi connectivity index (χ1v) is 53.8. The number of ketones is 2. The Labute approximate surface area is 869 Å². The van der Waals surface area contributed by atoms with E-state index in [1.54, 1.807) is 42.3 Å². The van der Waals surface area contributed by atoms with Crippen LogP contribution in [0.4, 0.5) is 0 Å². The van der Waals surface area contributed by atoms with Gasteiger partial charge in [0.15, 0.2) is 11.6 Å². The maximum Gasteiger partial charge on any atom is 0.253 e. The van der Waals surface area contributed by atoms with Crippen molar-refractivity contribution in [2.24, 2.45) is 0 Å². The van der Waals surface area contributed by atoms with Crippen LogP contribution in [0.25, 0.3) is 0 Å². The lowest BCUT2D eigenvalue weighted by Crippen LogP contribution is -2.57. The SMILES string of the molecule is CNCCCCC(NC)C(=O)NCCCCC(NC(=O)C(CCCCNC)NC)C(=O)NC(CCCCNC(=O)CCCN1C(=O)C=CC1=O)C(C)=O.CNCCCCC(NC)C(=O)NCCCCC(NC(=O)C(CCCCNC)NC)C(=O)NCCCCC(NC(=O)C(CCCCNC(=O)C(CCCCNC)NC)NC(=O)C(CCCCNC)NC)C(=O)NC(CCCCNC(=O)CCCN1C(=O)C=CC1=O)C(C)=O. The van der Waals surface area contributed by atoms with E-state index in [9.17, 15) is 86.3 Å². The number of carbonyl (C=O) groups is 18. The summed E-state index contributed by atoms with van der Waals surface area (Å²) in [6.07, 6.45) is 27.4. The zero-order valence-corrected chi connectivity index (χ0v) is 90.7. The predicted octanol–water partition coefficient (Wildman–Crippen LogP) is -0.945. The van der Waals surface area contributed by atoms with Crippen LogP contribution in [0, 0.1) is 0 Å². The van der Waals surface area contributed by atoms with Crippen molar-refractivity contribution in [2.75, 3.05) is 176 Å². The maximum absolute atomic E-state index is 14.6. The number of hydrogen-bond acceptors (Lipinski definition) is 30. The normalized spacial score (nSPS) is 14.7. The van der Waals surface area contributed by atoms with Gasteiger partial charge in [0.05, 0.1) is 48.3 Å². The van der Waals surface area contributed by atoms with Gasteiger partial charge in [0, 0.05) is 89.5 Å². The van der Waals surface area contributed by atoms with Gasteiger partial charge in [-0.25, -0.2) is 0 Å². The molecule has 44 nitrogen and oxygen atoms in total. The number of carbonyl (C=O) groups excluding carboxylic acids is 18. The molecule has 0 aromatic carbocycles. The Morgan fingerprint density at radius 3 is 0.555 bits per heavy atom. The van der Waals surface area contributed by atoms with Crippen LogP contribution in [0.1, 0.15) is 271 Å². The number of imide groups is 2. The molecule has 0 radical (unpaired) electrons. The van der Waals surface area contributed by atoms with Gasteiger partial charge in [0.1, 0.15) is 24.2 Å². The summed E-state index contributed by atoms with van der Waals surface area (Å²) >= 11 is 0. The Kier molecular flexibility index (Phi) is 79.2. The summed E-state index contributed by atoms with van der Waals surface area (Å²) in [5, 5.41) is 72.1. The van der Waals surface area contributed by atoms with E-state index in [4.69, 9.17) is 0 Å². The number of unbranched alkanes of at least 4 members (excludes halogenated alkanes) is 12. The summed E-state index contributed by atoms with van der Waals surface area (Å²) in [7, 11) is 21.7. The quantitative estimate of drug-likeness (QED) is 0.0258. The largest absolute Gasteiger partial charge is 0.356 e. The highest BCUT2D eigenvalue weighted by molar-refractivity contribution is 6.13. The van der Waals surface area contributed by atoms with E-state index in [0.29, 0.717) is 167 Å². The molecule has 2 aliphatic rings. The average molecular weight is 2070 g/mol. The van der Waals surface area contributed by atoms with Crippen LogP contribution < -0.4 is 128 Å². The molecular weight excluding hydrogens is 1880 g/mol. The number of nitrogens with zero attached hydrogens (tertiary/aromatic N) is 2.